The minimum atomic E-state index is -0.260. The molecule has 0 spiro atoms. The summed E-state index contributed by atoms with van der Waals surface area (Å²) >= 11 is 0. The van der Waals surface area contributed by atoms with Crippen LogP contribution in [0.1, 0.15) is 43.2 Å². The smallest absolute Gasteiger partial charge is 0.280 e. The van der Waals surface area contributed by atoms with Crippen LogP contribution < -0.4 is 15.8 Å². The number of ether oxygens (including phenoxy) is 1. The quantitative estimate of drug-likeness (QED) is 0.311. The van der Waals surface area contributed by atoms with Crippen molar-refractivity contribution in [3.8, 4) is 5.82 Å². The van der Waals surface area contributed by atoms with Crippen molar-refractivity contribution in [2.75, 3.05) is 56.7 Å². The van der Waals surface area contributed by atoms with Gasteiger partial charge in [0.25, 0.3) is 5.56 Å². The molecule has 0 bridgehead atoms. The molecule has 2 fully saturated rings. The zero-order valence-corrected chi connectivity index (χ0v) is 28.2. The van der Waals surface area contributed by atoms with Crippen LogP contribution in [0.3, 0.4) is 0 Å². The standard InChI is InChI=1S/C37H44N8O3/c1-24-18-42(29-22-48-23-29)9-10-43(24)28-5-6-34(39-17-28)40-27-13-26(19-41(4)20-27)30-7-8-38-35(31(30)21-46)45-12-11-44-32(36(45)47)14-25-15-37(2,3)16-33(25)44/h5-8,11-14,17,19,24,29,46H,9-10,15-16,18,20-23H2,1-4H3,(H,39,40)/t24-/m0/s1. The van der Waals surface area contributed by atoms with E-state index >= 15 is 0 Å². The molecule has 0 radical (unpaired) electrons. The molecule has 1 aliphatic carbocycles. The van der Waals surface area contributed by atoms with Gasteiger partial charge < -0.3 is 29.4 Å². The van der Waals surface area contributed by atoms with Crippen LogP contribution >= 0.6 is 0 Å². The van der Waals surface area contributed by atoms with Gasteiger partial charge in [0.2, 0.25) is 0 Å². The van der Waals surface area contributed by atoms with Crippen molar-refractivity contribution in [3.63, 3.8) is 0 Å². The number of aromatic nitrogens is 4. The summed E-state index contributed by atoms with van der Waals surface area (Å²) in [6, 6.07) is 9.08. The molecular formula is C37H44N8O3. The van der Waals surface area contributed by atoms with Gasteiger partial charge in [-0.25, -0.2) is 9.97 Å². The molecule has 250 valence electrons. The summed E-state index contributed by atoms with van der Waals surface area (Å²) in [5.74, 6) is 1.22. The minimum Gasteiger partial charge on any atom is -0.392 e. The monoisotopic (exact) mass is 648 g/mol. The van der Waals surface area contributed by atoms with Crippen molar-refractivity contribution in [1.82, 2.24) is 28.7 Å². The Morgan fingerprint density at radius 3 is 2.69 bits per heavy atom. The lowest BCUT2D eigenvalue weighted by molar-refractivity contribution is -0.0691. The molecule has 8 rings (SSSR count). The second-order valence-corrected chi connectivity index (χ2v) is 14.6. The molecule has 7 heterocycles. The number of hydrogen-bond donors (Lipinski definition) is 2. The second kappa shape index (κ2) is 11.9. The third-order valence-electron chi connectivity index (χ3n) is 10.4. The summed E-state index contributed by atoms with van der Waals surface area (Å²) in [6.45, 7) is 12.0. The number of aliphatic hydroxyl groups excluding tert-OH is 1. The number of piperazine rings is 1. The topological polar surface area (TPSA) is 103 Å². The maximum absolute atomic E-state index is 13.8. The molecule has 3 aliphatic heterocycles. The van der Waals surface area contributed by atoms with Gasteiger partial charge in [-0.3, -0.25) is 14.3 Å². The number of allylic oxidation sites excluding steroid dienone is 2. The van der Waals surface area contributed by atoms with Gasteiger partial charge in [-0.15, -0.1) is 0 Å². The van der Waals surface area contributed by atoms with Crippen LogP contribution in [0, 0.1) is 5.41 Å². The molecule has 0 unspecified atom stereocenters. The van der Waals surface area contributed by atoms with E-state index in [0.717, 1.165) is 74.0 Å². The fraction of sp³-hybridized carbons (Fsp3) is 0.432. The van der Waals surface area contributed by atoms with Crippen LogP contribution in [0.2, 0.25) is 0 Å². The Morgan fingerprint density at radius 1 is 1.10 bits per heavy atom. The number of anilines is 2. The molecule has 0 amide bonds. The van der Waals surface area contributed by atoms with Crippen molar-refractivity contribution in [2.45, 2.75) is 52.3 Å². The van der Waals surface area contributed by atoms with E-state index in [9.17, 15) is 9.90 Å². The van der Waals surface area contributed by atoms with Crippen LogP contribution in [0.4, 0.5) is 11.5 Å². The number of nitrogens with one attached hydrogen (secondary N) is 1. The van der Waals surface area contributed by atoms with Gasteiger partial charge in [0, 0.05) is 74.5 Å². The van der Waals surface area contributed by atoms with E-state index in [0.29, 0.717) is 35.5 Å². The van der Waals surface area contributed by atoms with E-state index in [2.05, 4.69) is 64.1 Å². The van der Waals surface area contributed by atoms with Crippen LogP contribution in [0.25, 0.3) is 16.9 Å². The number of hydrogen-bond acceptors (Lipinski definition) is 9. The predicted molar refractivity (Wildman–Crippen MR) is 187 cm³/mol. The molecular weight excluding hydrogens is 604 g/mol. The number of rotatable bonds is 7. The Labute approximate surface area is 280 Å². The second-order valence-electron chi connectivity index (χ2n) is 14.6. The van der Waals surface area contributed by atoms with Crippen molar-refractivity contribution in [3.05, 3.63) is 99.8 Å². The molecule has 4 aliphatic rings. The van der Waals surface area contributed by atoms with Gasteiger partial charge >= 0.3 is 0 Å². The number of pyridine rings is 2. The predicted octanol–water partition coefficient (Wildman–Crippen LogP) is 3.69. The number of nitrogens with zero attached hydrogens (tertiary/aromatic N) is 7. The number of aliphatic hydroxyl groups is 1. The van der Waals surface area contributed by atoms with Crippen LogP contribution in [-0.2, 0) is 24.2 Å². The fourth-order valence-corrected chi connectivity index (χ4v) is 7.92. The van der Waals surface area contributed by atoms with E-state index in [1.807, 2.05) is 42.0 Å². The largest absolute Gasteiger partial charge is 0.392 e. The average molecular weight is 649 g/mol. The van der Waals surface area contributed by atoms with Gasteiger partial charge in [0.1, 0.15) is 17.2 Å². The summed E-state index contributed by atoms with van der Waals surface area (Å²) in [5.41, 5.74) is 7.58. The Hall–Kier alpha value is -4.45. The van der Waals surface area contributed by atoms with E-state index in [-0.39, 0.29) is 17.6 Å². The first-order valence-electron chi connectivity index (χ1n) is 17.0. The maximum atomic E-state index is 13.8. The van der Waals surface area contributed by atoms with Gasteiger partial charge in [0.05, 0.1) is 44.3 Å². The Balaban J connectivity index is 1.03. The molecule has 4 aromatic heterocycles. The molecule has 11 nitrogen and oxygen atoms in total. The first kappa shape index (κ1) is 30.9. The highest BCUT2D eigenvalue weighted by Gasteiger charge is 2.33. The van der Waals surface area contributed by atoms with Crippen molar-refractivity contribution >= 4 is 22.6 Å². The van der Waals surface area contributed by atoms with Crippen molar-refractivity contribution in [2.24, 2.45) is 5.41 Å². The fourth-order valence-electron chi connectivity index (χ4n) is 7.92. The molecule has 1 atom stereocenters. The Kier molecular flexibility index (Phi) is 7.65. The molecule has 2 saturated heterocycles. The van der Waals surface area contributed by atoms with E-state index in [1.54, 1.807) is 17.0 Å². The van der Waals surface area contributed by atoms with Crippen LogP contribution in [0.5, 0.6) is 0 Å². The molecule has 0 saturated carbocycles. The number of likely N-dealkylation sites (N-methyl/N-ethyl adjacent to an activating group) is 1. The molecule has 11 heteroatoms. The van der Waals surface area contributed by atoms with Gasteiger partial charge in [-0.2, -0.15) is 0 Å². The third kappa shape index (κ3) is 5.49. The van der Waals surface area contributed by atoms with Gasteiger partial charge in [-0.1, -0.05) is 13.8 Å². The highest BCUT2D eigenvalue weighted by atomic mass is 16.5. The first-order chi connectivity index (χ1) is 23.2. The average Bonchev–Trinajstić information content (AvgIpc) is 3.52. The molecule has 0 aromatic carbocycles. The third-order valence-corrected chi connectivity index (χ3v) is 10.4. The van der Waals surface area contributed by atoms with Gasteiger partial charge in [-0.05, 0) is 72.2 Å². The van der Waals surface area contributed by atoms with E-state index in [1.165, 1.54) is 11.3 Å². The summed E-state index contributed by atoms with van der Waals surface area (Å²) in [7, 11) is 2.02. The van der Waals surface area contributed by atoms with Gasteiger partial charge in [0.15, 0.2) is 0 Å². The van der Waals surface area contributed by atoms with Crippen molar-refractivity contribution in [1.29, 1.82) is 0 Å². The molecule has 48 heavy (non-hydrogen) atoms. The molecule has 2 N–H and O–H groups in total. The van der Waals surface area contributed by atoms with Crippen LogP contribution in [0.15, 0.2) is 71.8 Å². The lowest BCUT2D eigenvalue weighted by Gasteiger charge is -2.46. The highest BCUT2D eigenvalue weighted by Crippen LogP contribution is 2.37. The first-order valence-corrected chi connectivity index (χ1v) is 17.0. The lowest BCUT2D eigenvalue weighted by atomic mass is 9.90. The van der Waals surface area contributed by atoms with Crippen molar-refractivity contribution < 1.29 is 9.84 Å². The van der Waals surface area contributed by atoms with Crippen LogP contribution in [-0.4, -0.2) is 92.4 Å². The maximum Gasteiger partial charge on any atom is 0.280 e. The Morgan fingerprint density at radius 2 is 1.96 bits per heavy atom. The normalized spacial score (nSPS) is 21.2. The zero-order valence-electron chi connectivity index (χ0n) is 28.2. The Bertz CT molecular complexity index is 1990. The van der Waals surface area contributed by atoms with E-state index < -0.39 is 0 Å². The SMILES string of the molecule is C[C@H]1CN(C2COC2)CCN1c1ccc(NC2=CC(c3ccnc(-n4ccn5c6c(cc5c4=O)CC(C)(C)C6)c3CO)=CN(C)C2)nc1. The lowest BCUT2D eigenvalue weighted by Crippen LogP contribution is -2.59. The summed E-state index contributed by atoms with van der Waals surface area (Å²) in [5, 5.41) is 14.2. The number of fused-ring (bicyclic) bond motifs is 3. The minimum absolute atomic E-state index is 0.143. The van der Waals surface area contributed by atoms with E-state index in [4.69, 9.17) is 9.72 Å². The molecule has 4 aromatic rings. The summed E-state index contributed by atoms with van der Waals surface area (Å²) < 4.78 is 8.99. The summed E-state index contributed by atoms with van der Waals surface area (Å²) in [4.78, 5) is 30.3. The highest BCUT2D eigenvalue weighted by molar-refractivity contribution is 5.79. The summed E-state index contributed by atoms with van der Waals surface area (Å²) in [6.07, 6.45) is 13.4. The zero-order chi connectivity index (χ0) is 33.2.